The van der Waals surface area contributed by atoms with Crippen LogP contribution >= 0.6 is 0 Å². The number of carbonyl (C=O) groups excluding carboxylic acids is 4. The highest BCUT2D eigenvalue weighted by Crippen LogP contribution is 2.29. The number of nitrogens with one attached hydrogen (secondary N) is 3. The number of amides is 3. The minimum atomic E-state index is -0.650. The van der Waals surface area contributed by atoms with Gasteiger partial charge in [0.15, 0.2) is 0 Å². The van der Waals surface area contributed by atoms with Crippen molar-refractivity contribution in [3.63, 3.8) is 0 Å². The molecule has 0 saturated heterocycles. The summed E-state index contributed by atoms with van der Waals surface area (Å²) in [5.74, 6) is -1.58. The summed E-state index contributed by atoms with van der Waals surface area (Å²) in [6.45, 7) is 7.90. The number of hydrogen-bond acceptors (Lipinski definition) is 7. The second-order valence-corrected chi connectivity index (χ2v) is 11.5. The van der Waals surface area contributed by atoms with Crippen LogP contribution in [0, 0.1) is 5.92 Å². The second kappa shape index (κ2) is 21.1. The zero-order chi connectivity index (χ0) is 32.0. The molecule has 2 rings (SSSR count). The quantitative estimate of drug-likeness (QED) is 0.0831. The molecule has 0 aromatic heterocycles. The predicted octanol–water partition coefficient (Wildman–Crippen LogP) is 4.86. The highest BCUT2D eigenvalue weighted by atomic mass is 16.5. The zero-order valence-corrected chi connectivity index (χ0v) is 26.0. The highest BCUT2D eigenvalue weighted by Gasteiger charge is 2.35. The molecule has 1 aromatic carbocycles. The molecule has 44 heavy (non-hydrogen) atoms. The molecule has 1 aliphatic carbocycles. The molecule has 10 nitrogen and oxygen atoms in total. The number of alkyl carbamates (subject to hydrolysis) is 1. The molecule has 1 aliphatic rings. The van der Waals surface area contributed by atoms with Gasteiger partial charge in [-0.25, -0.2) is 4.79 Å². The van der Waals surface area contributed by atoms with Gasteiger partial charge in [-0.1, -0.05) is 55.3 Å². The first-order valence-electron chi connectivity index (χ1n) is 15.8. The van der Waals surface area contributed by atoms with Gasteiger partial charge in [0, 0.05) is 19.4 Å². The number of esters is 1. The molecule has 3 amide bonds. The molecule has 0 aliphatic heterocycles. The molecule has 10 heteroatoms. The molecular weight excluding hydrogens is 562 g/mol. The number of carbonyl (C=O) groups is 4. The van der Waals surface area contributed by atoms with Crippen molar-refractivity contribution in [1.82, 2.24) is 16.0 Å². The fraction of sp³-hybridized carbons (Fsp3) is 0.588. The summed E-state index contributed by atoms with van der Waals surface area (Å²) in [7, 11) is 0. The monoisotopic (exact) mass is 613 g/mol. The van der Waals surface area contributed by atoms with Crippen LogP contribution in [0.4, 0.5) is 4.79 Å². The SMILES string of the molecule is C=CCCCCC(=O)OC[C@H](CCCCNC(=O)OCc1ccccc1)NC(=O)[C@H](CC=C)CC(=O)NC1(CO)CCCC1. The number of aliphatic hydroxyl groups excluding tert-OH is 1. The normalized spacial score (nSPS) is 14.9. The molecule has 0 radical (unpaired) electrons. The maximum atomic E-state index is 13.3. The number of unbranched alkanes of at least 4 members (excludes halogenated alkanes) is 3. The third kappa shape index (κ3) is 14.7. The maximum Gasteiger partial charge on any atom is 0.407 e. The van der Waals surface area contributed by atoms with Gasteiger partial charge in [0.05, 0.1) is 24.1 Å². The van der Waals surface area contributed by atoms with Crippen LogP contribution < -0.4 is 16.0 Å². The van der Waals surface area contributed by atoms with E-state index in [0.29, 0.717) is 51.5 Å². The molecule has 1 aromatic rings. The van der Waals surface area contributed by atoms with Gasteiger partial charge in [0.2, 0.25) is 11.8 Å². The molecule has 0 heterocycles. The van der Waals surface area contributed by atoms with E-state index in [1.54, 1.807) is 6.08 Å². The van der Waals surface area contributed by atoms with Crippen LogP contribution in [0.2, 0.25) is 0 Å². The minimum Gasteiger partial charge on any atom is -0.463 e. The standard InChI is InChI=1S/C34H51N3O7/c1-3-5-6-10-19-31(40)43-25-29(18-11-14-22-35-33(42)44-24-27-16-8-7-9-17-27)36-32(41)28(15-4-2)23-30(39)37-34(26-38)20-12-13-21-34/h3-4,7-9,16-17,28-29,38H,1-2,5-6,10-15,18-26H2,(H,35,42)(H,36,41)(H,37,39)/t28-,29+/m1/s1. The van der Waals surface area contributed by atoms with E-state index in [9.17, 15) is 24.3 Å². The van der Waals surface area contributed by atoms with Crippen molar-refractivity contribution in [2.45, 2.75) is 102 Å². The molecule has 2 atom stereocenters. The third-order valence-electron chi connectivity index (χ3n) is 7.81. The van der Waals surface area contributed by atoms with Crippen LogP contribution in [0.15, 0.2) is 55.6 Å². The van der Waals surface area contributed by atoms with Crippen molar-refractivity contribution in [3.8, 4) is 0 Å². The van der Waals surface area contributed by atoms with Crippen LogP contribution in [0.1, 0.15) is 89.0 Å². The van der Waals surface area contributed by atoms with Crippen molar-refractivity contribution in [2.75, 3.05) is 19.8 Å². The maximum absolute atomic E-state index is 13.3. The average Bonchev–Trinajstić information content (AvgIpc) is 3.49. The molecule has 1 saturated carbocycles. The Morgan fingerprint density at radius 1 is 0.977 bits per heavy atom. The van der Waals surface area contributed by atoms with Gasteiger partial charge < -0.3 is 30.5 Å². The Hall–Kier alpha value is -3.66. The third-order valence-corrected chi connectivity index (χ3v) is 7.81. The van der Waals surface area contributed by atoms with E-state index in [4.69, 9.17) is 9.47 Å². The topological polar surface area (TPSA) is 143 Å². The molecule has 244 valence electrons. The fourth-order valence-corrected chi connectivity index (χ4v) is 5.25. The number of rotatable bonds is 22. The Labute approximate surface area is 262 Å². The Balaban J connectivity index is 1.87. The van der Waals surface area contributed by atoms with Crippen molar-refractivity contribution >= 4 is 23.9 Å². The first kappa shape index (κ1) is 36.5. The summed E-state index contributed by atoms with van der Waals surface area (Å²) in [6, 6.07) is 8.95. The molecule has 0 unspecified atom stereocenters. The lowest BCUT2D eigenvalue weighted by Crippen LogP contribution is -2.50. The molecule has 4 N–H and O–H groups in total. The molecule has 0 bridgehead atoms. The van der Waals surface area contributed by atoms with Gasteiger partial charge in [-0.2, -0.15) is 0 Å². The van der Waals surface area contributed by atoms with Crippen molar-refractivity contribution in [3.05, 3.63) is 61.2 Å². The smallest absolute Gasteiger partial charge is 0.407 e. The fourth-order valence-electron chi connectivity index (χ4n) is 5.25. The minimum absolute atomic E-state index is 0.0131. The Morgan fingerprint density at radius 2 is 1.73 bits per heavy atom. The van der Waals surface area contributed by atoms with Crippen molar-refractivity contribution < 1.29 is 33.8 Å². The number of ether oxygens (including phenoxy) is 2. The van der Waals surface area contributed by atoms with Crippen LogP contribution in [0.5, 0.6) is 0 Å². The summed E-state index contributed by atoms with van der Waals surface area (Å²) in [5, 5.41) is 18.5. The van der Waals surface area contributed by atoms with Crippen molar-refractivity contribution in [1.29, 1.82) is 0 Å². The summed E-state index contributed by atoms with van der Waals surface area (Å²) >= 11 is 0. The Morgan fingerprint density at radius 3 is 2.41 bits per heavy atom. The van der Waals surface area contributed by atoms with E-state index >= 15 is 0 Å². The van der Waals surface area contributed by atoms with Gasteiger partial charge in [0.1, 0.15) is 13.2 Å². The number of benzene rings is 1. The number of allylic oxidation sites excluding steroid dienone is 2. The summed E-state index contributed by atoms with van der Waals surface area (Å²) in [5.41, 5.74) is 0.284. The van der Waals surface area contributed by atoms with E-state index in [1.165, 1.54) is 0 Å². The number of hydrogen-bond donors (Lipinski definition) is 4. The van der Waals surface area contributed by atoms with Crippen LogP contribution in [-0.2, 0) is 30.5 Å². The van der Waals surface area contributed by atoms with E-state index < -0.39 is 23.6 Å². The van der Waals surface area contributed by atoms with Crippen LogP contribution in [0.25, 0.3) is 0 Å². The van der Waals surface area contributed by atoms with E-state index in [1.807, 2.05) is 36.4 Å². The molecule has 1 fully saturated rings. The number of aliphatic hydroxyl groups is 1. The van der Waals surface area contributed by atoms with Gasteiger partial charge in [0.25, 0.3) is 0 Å². The molecule has 0 spiro atoms. The van der Waals surface area contributed by atoms with Crippen LogP contribution in [0.3, 0.4) is 0 Å². The molecular formula is C34H51N3O7. The summed E-state index contributed by atoms with van der Waals surface area (Å²) in [4.78, 5) is 50.5. The lowest BCUT2D eigenvalue weighted by Gasteiger charge is -2.29. The Kier molecular flexibility index (Phi) is 17.5. The first-order chi connectivity index (χ1) is 21.3. The van der Waals surface area contributed by atoms with Crippen molar-refractivity contribution in [2.24, 2.45) is 5.92 Å². The Bertz CT molecular complexity index is 1040. The summed E-state index contributed by atoms with van der Waals surface area (Å²) in [6.07, 6.45) is 10.9. The lowest BCUT2D eigenvalue weighted by molar-refractivity contribution is -0.145. The van der Waals surface area contributed by atoms with Gasteiger partial charge in [-0.05, 0) is 63.4 Å². The predicted molar refractivity (Wildman–Crippen MR) is 169 cm³/mol. The zero-order valence-electron chi connectivity index (χ0n) is 26.0. The van der Waals surface area contributed by atoms with E-state index in [-0.39, 0.29) is 50.4 Å². The van der Waals surface area contributed by atoms with E-state index in [0.717, 1.165) is 31.2 Å². The average molecular weight is 614 g/mol. The lowest BCUT2D eigenvalue weighted by atomic mass is 9.95. The van der Waals surface area contributed by atoms with Crippen LogP contribution in [-0.4, -0.2) is 60.3 Å². The van der Waals surface area contributed by atoms with Gasteiger partial charge >= 0.3 is 12.1 Å². The van der Waals surface area contributed by atoms with E-state index in [2.05, 4.69) is 29.1 Å². The van der Waals surface area contributed by atoms with Gasteiger partial charge in [-0.3, -0.25) is 14.4 Å². The highest BCUT2D eigenvalue weighted by molar-refractivity contribution is 5.86. The largest absolute Gasteiger partial charge is 0.463 e. The second-order valence-electron chi connectivity index (χ2n) is 11.5. The summed E-state index contributed by atoms with van der Waals surface area (Å²) < 4.78 is 10.7. The first-order valence-corrected chi connectivity index (χ1v) is 15.8. The van der Waals surface area contributed by atoms with Gasteiger partial charge in [-0.15, -0.1) is 13.2 Å².